The van der Waals surface area contributed by atoms with E-state index in [2.05, 4.69) is 10.1 Å². The first-order valence-corrected chi connectivity index (χ1v) is 4.14. The average Bonchev–Trinajstić information content (AvgIpc) is 2.55. The molecule has 0 atom stereocenters. The second-order valence-electron chi connectivity index (χ2n) is 3.13. The third-order valence-electron chi connectivity index (χ3n) is 2.24. The standard InChI is InChI=1S/C9H9N3O2/c1-5-3-10-8-7(9(13)14)4-11-12(8)6(5)2/h3-4H,1-2H3,(H,13,14). The summed E-state index contributed by atoms with van der Waals surface area (Å²) in [5.74, 6) is -1.00. The Bertz CT molecular complexity index is 516. The minimum Gasteiger partial charge on any atom is -0.477 e. The molecule has 0 aliphatic carbocycles. The van der Waals surface area contributed by atoms with Crippen LogP contribution in [-0.2, 0) is 0 Å². The van der Waals surface area contributed by atoms with Crippen LogP contribution in [0, 0.1) is 13.8 Å². The third kappa shape index (κ3) is 1.06. The van der Waals surface area contributed by atoms with Crippen molar-refractivity contribution in [2.75, 3.05) is 0 Å². The fourth-order valence-electron chi connectivity index (χ4n) is 1.28. The zero-order valence-electron chi connectivity index (χ0n) is 7.85. The highest BCUT2D eigenvalue weighted by molar-refractivity contribution is 5.94. The summed E-state index contributed by atoms with van der Waals surface area (Å²) in [6.07, 6.45) is 2.97. The first kappa shape index (κ1) is 8.68. The van der Waals surface area contributed by atoms with E-state index in [9.17, 15) is 4.79 Å². The maximum atomic E-state index is 10.8. The molecule has 0 aliphatic heterocycles. The van der Waals surface area contributed by atoms with E-state index >= 15 is 0 Å². The Balaban J connectivity index is 2.83. The van der Waals surface area contributed by atoms with Crippen molar-refractivity contribution in [1.82, 2.24) is 14.6 Å². The first-order valence-electron chi connectivity index (χ1n) is 4.14. The third-order valence-corrected chi connectivity index (χ3v) is 2.24. The van der Waals surface area contributed by atoms with Gasteiger partial charge >= 0.3 is 5.97 Å². The van der Waals surface area contributed by atoms with Crippen LogP contribution in [0.4, 0.5) is 0 Å². The van der Waals surface area contributed by atoms with Gasteiger partial charge in [-0.2, -0.15) is 5.10 Å². The van der Waals surface area contributed by atoms with E-state index in [1.165, 1.54) is 6.20 Å². The van der Waals surface area contributed by atoms with E-state index in [1.807, 2.05) is 13.8 Å². The summed E-state index contributed by atoms with van der Waals surface area (Å²) in [7, 11) is 0. The number of hydrogen-bond acceptors (Lipinski definition) is 3. The van der Waals surface area contributed by atoms with Crippen LogP contribution in [0.15, 0.2) is 12.4 Å². The van der Waals surface area contributed by atoms with Crippen molar-refractivity contribution in [2.45, 2.75) is 13.8 Å². The molecule has 0 fully saturated rings. The van der Waals surface area contributed by atoms with Gasteiger partial charge in [0.25, 0.3) is 0 Å². The molecule has 0 radical (unpaired) electrons. The van der Waals surface area contributed by atoms with E-state index in [0.29, 0.717) is 5.65 Å². The molecule has 1 N–H and O–H groups in total. The molecular formula is C9H9N3O2. The molecule has 0 saturated heterocycles. The lowest BCUT2D eigenvalue weighted by Crippen LogP contribution is -2.01. The zero-order valence-corrected chi connectivity index (χ0v) is 7.85. The molecule has 0 saturated carbocycles. The molecule has 14 heavy (non-hydrogen) atoms. The van der Waals surface area contributed by atoms with E-state index in [-0.39, 0.29) is 5.56 Å². The van der Waals surface area contributed by atoms with E-state index in [1.54, 1.807) is 10.7 Å². The van der Waals surface area contributed by atoms with Crippen LogP contribution in [0.1, 0.15) is 21.6 Å². The average molecular weight is 191 g/mol. The Morgan fingerprint density at radius 3 is 2.79 bits per heavy atom. The lowest BCUT2D eigenvalue weighted by molar-refractivity contribution is 0.0699. The number of carboxylic acids is 1. The van der Waals surface area contributed by atoms with Gasteiger partial charge in [0.05, 0.1) is 6.20 Å². The van der Waals surface area contributed by atoms with Gasteiger partial charge in [-0.05, 0) is 19.4 Å². The Morgan fingerprint density at radius 2 is 2.14 bits per heavy atom. The molecule has 2 heterocycles. The zero-order chi connectivity index (χ0) is 10.3. The van der Waals surface area contributed by atoms with Gasteiger partial charge in [-0.3, -0.25) is 0 Å². The molecule has 2 aromatic heterocycles. The summed E-state index contributed by atoms with van der Waals surface area (Å²) in [5, 5.41) is 12.8. The molecule has 5 nitrogen and oxygen atoms in total. The van der Waals surface area contributed by atoms with Crippen molar-refractivity contribution in [2.24, 2.45) is 0 Å². The maximum absolute atomic E-state index is 10.8. The maximum Gasteiger partial charge on any atom is 0.341 e. The predicted molar refractivity (Wildman–Crippen MR) is 49.4 cm³/mol. The summed E-state index contributed by atoms with van der Waals surface area (Å²) in [4.78, 5) is 14.8. The highest BCUT2D eigenvalue weighted by Gasteiger charge is 2.13. The molecule has 0 unspecified atom stereocenters. The van der Waals surface area contributed by atoms with Gasteiger partial charge in [-0.1, -0.05) is 0 Å². The van der Waals surface area contributed by atoms with Crippen LogP contribution in [0.2, 0.25) is 0 Å². The topological polar surface area (TPSA) is 67.5 Å². The van der Waals surface area contributed by atoms with Crippen LogP contribution >= 0.6 is 0 Å². The predicted octanol–water partition coefficient (Wildman–Crippen LogP) is 1.04. The minimum atomic E-state index is -1.00. The lowest BCUT2D eigenvalue weighted by Gasteiger charge is -2.01. The second-order valence-corrected chi connectivity index (χ2v) is 3.13. The van der Waals surface area contributed by atoms with Crippen LogP contribution in [0.25, 0.3) is 5.65 Å². The first-order chi connectivity index (χ1) is 6.61. The molecule has 0 amide bonds. The van der Waals surface area contributed by atoms with Crippen molar-refractivity contribution in [3.63, 3.8) is 0 Å². The van der Waals surface area contributed by atoms with E-state index < -0.39 is 5.97 Å². The molecule has 0 bridgehead atoms. The largest absolute Gasteiger partial charge is 0.477 e. The van der Waals surface area contributed by atoms with Gasteiger partial charge in [0.2, 0.25) is 0 Å². The number of hydrogen-bond donors (Lipinski definition) is 1. The van der Waals surface area contributed by atoms with Gasteiger partial charge in [-0.15, -0.1) is 0 Å². The number of aryl methyl sites for hydroxylation is 2. The minimum absolute atomic E-state index is 0.133. The molecule has 72 valence electrons. The van der Waals surface area contributed by atoms with Crippen molar-refractivity contribution in [1.29, 1.82) is 0 Å². The number of rotatable bonds is 1. The Morgan fingerprint density at radius 1 is 1.43 bits per heavy atom. The molecule has 2 rings (SSSR count). The fourth-order valence-corrected chi connectivity index (χ4v) is 1.28. The highest BCUT2D eigenvalue weighted by atomic mass is 16.4. The van der Waals surface area contributed by atoms with Crippen LogP contribution in [0.5, 0.6) is 0 Å². The highest BCUT2D eigenvalue weighted by Crippen LogP contribution is 2.12. The van der Waals surface area contributed by atoms with Crippen LogP contribution < -0.4 is 0 Å². The summed E-state index contributed by atoms with van der Waals surface area (Å²) in [5.41, 5.74) is 2.41. The quantitative estimate of drug-likeness (QED) is 0.731. The molecule has 0 aromatic carbocycles. The Hall–Kier alpha value is -1.91. The summed E-state index contributed by atoms with van der Waals surface area (Å²) < 4.78 is 1.54. The van der Waals surface area contributed by atoms with Gasteiger partial charge in [0.1, 0.15) is 5.56 Å². The lowest BCUT2D eigenvalue weighted by atomic mass is 10.2. The molecular weight excluding hydrogens is 182 g/mol. The van der Waals surface area contributed by atoms with Crippen LogP contribution in [-0.4, -0.2) is 25.7 Å². The van der Waals surface area contributed by atoms with Gasteiger partial charge < -0.3 is 5.11 Å². The monoisotopic (exact) mass is 191 g/mol. The molecule has 2 aromatic rings. The molecule has 0 aliphatic rings. The van der Waals surface area contributed by atoms with E-state index in [0.717, 1.165) is 11.3 Å². The number of carbonyl (C=O) groups is 1. The molecule has 0 spiro atoms. The number of aromatic nitrogens is 3. The molecule has 5 heteroatoms. The summed E-state index contributed by atoms with van der Waals surface area (Å²) in [6, 6.07) is 0. The fraction of sp³-hybridized carbons (Fsp3) is 0.222. The van der Waals surface area contributed by atoms with E-state index in [4.69, 9.17) is 5.11 Å². The van der Waals surface area contributed by atoms with Gasteiger partial charge in [-0.25, -0.2) is 14.3 Å². The number of aromatic carboxylic acids is 1. The van der Waals surface area contributed by atoms with Crippen molar-refractivity contribution in [3.05, 3.63) is 29.2 Å². The summed E-state index contributed by atoms with van der Waals surface area (Å²) in [6.45, 7) is 3.78. The van der Waals surface area contributed by atoms with Gasteiger partial charge in [0, 0.05) is 11.9 Å². The smallest absolute Gasteiger partial charge is 0.341 e. The SMILES string of the molecule is Cc1cnc2c(C(=O)O)cnn2c1C. The van der Waals surface area contributed by atoms with Crippen molar-refractivity contribution in [3.8, 4) is 0 Å². The normalized spacial score (nSPS) is 10.7. The van der Waals surface area contributed by atoms with Crippen molar-refractivity contribution >= 4 is 11.6 Å². The number of carboxylic acid groups (broad SMARTS) is 1. The summed E-state index contributed by atoms with van der Waals surface area (Å²) >= 11 is 0. The Labute approximate surface area is 80.0 Å². The van der Waals surface area contributed by atoms with Crippen molar-refractivity contribution < 1.29 is 9.90 Å². The number of nitrogens with zero attached hydrogens (tertiary/aromatic N) is 3. The number of fused-ring (bicyclic) bond motifs is 1. The van der Waals surface area contributed by atoms with Crippen LogP contribution in [0.3, 0.4) is 0 Å². The Kier molecular flexibility index (Phi) is 1.73. The van der Waals surface area contributed by atoms with Gasteiger partial charge in [0.15, 0.2) is 5.65 Å². The second kappa shape index (κ2) is 2.80.